The van der Waals surface area contributed by atoms with E-state index in [1.54, 1.807) is 0 Å². The van der Waals surface area contributed by atoms with Crippen LogP contribution in [0.1, 0.15) is 5.56 Å². The zero-order valence-electron chi connectivity index (χ0n) is 10.7. The van der Waals surface area contributed by atoms with E-state index in [-0.39, 0.29) is 12.5 Å². The fourth-order valence-corrected chi connectivity index (χ4v) is 2.46. The molecule has 1 amide bonds. The summed E-state index contributed by atoms with van der Waals surface area (Å²) >= 11 is 3.52. The molecule has 4 nitrogen and oxygen atoms in total. The molecular weight excluding hydrogens is 320 g/mol. The molecule has 0 radical (unpaired) electrons. The third-order valence-electron chi connectivity index (χ3n) is 3.05. The standard InChI is InChI=1S/C15H13BrN2O2/c16-12-4-2-1-3-10(12)8-17-11-5-6-14-13(7-11)18-15(19)9-20-14/h1-7,17H,8-9H2,(H,18,19). The number of halogens is 1. The molecule has 0 saturated heterocycles. The molecule has 0 aliphatic carbocycles. The summed E-state index contributed by atoms with van der Waals surface area (Å²) in [6.07, 6.45) is 0. The number of benzene rings is 2. The normalized spacial score (nSPS) is 13.2. The number of hydrogen-bond donors (Lipinski definition) is 2. The SMILES string of the molecule is O=C1COc2ccc(NCc3ccccc3Br)cc2N1. The van der Waals surface area contributed by atoms with E-state index < -0.39 is 0 Å². The number of amides is 1. The Balaban J connectivity index is 1.74. The van der Waals surface area contributed by atoms with E-state index in [1.807, 2.05) is 36.4 Å². The van der Waals surface area contributed by atoms with Crippen LogP contribution >= 0.6 is 15.9 Å². The summed E-state index contributed by atoms with van der Waals surface area (Å²) in [7, 11) is 0. The highest BCUT2D eigenvalue weighted by atomic mass is 79.9. The number of anilines is 2. The van der Waals surface area contributed by atoms with Gasteiger partial charge in [-0.2, -0.15) is 0 Å². The smallest absolute Gasteiger partial charge is 0.262 e. The van der Waals surface area contributed by atoms with Crippen molar-refractivity contribution in [1.29, 1.82) is 0 Å². The molecule has 20 heavy (non-hydrogen) atoms. The van der Waals surface area contributed by atoms with Gasteiger partial charge in [0.15, 0.2) is 6.61 Å². The maximum Gasteiger partial charge on any atom is 0.262 e. The van der Waals surface area contributed by atoms with Gasteiger partial charge in [-0.25, -0.2) is 0 Å². The maximum atomic E-state index is 11.3. The van der Waals surface area contributed by atoms with Gasteiger partial charge in [-0.05, 0) is 29.8 Å². The Morgan fingerprint density at radius 1 is 1.25 bits per heavy atom. The molecule has 0 saturated carbocycles. The number of carbonyl (C=O) groups is 1. The Morgan fingerprint density at radius 3 is 2.95 bits per heavy atom. The molecule has 1 aliphatic rings. The zero-order chi connectivity index (χ0) is 13.9. The first-order chi connectivity index (χ1) is 9.72. The van der Waals surface area contributed by atoms with E-state index in [1.165, 1.54) is 5.56 Å². The summed E-state index contributed by atoms with van der Waals surface area (Å²) in [5.41, 5.74) is 2.81. The number of rotatable bonds is 3. The molecular formula is C15H13BrN2O2. The highest BCUT2D eigenvalue weighted by Gasteiger charge is 2.15. The lowest BCUT2D eigenvalue weighted by Crippen LogP contribution is -2.25. The van der Waals surface area contributed by atoms with Crippen molar-refractivity contribution in [1.82, 2.24) is 0 Å². The van der Waals surface area contributed by atoms with Crippen molar-refractivity contribution in [3.63, 3.8) is 0 Å². The van der Waals surface area contributed by atoms with Crippen molar-refractivity contribution >= 4 is 33.2 Å². The minimum atomic E-state index is -0.125. The first kappa shape index (κ1) is 13.0. The summed E-state index contributed by atoms with van der Waals surface area (Å²) in [4.78, 5) is 11.3. The lowest BCUT2D eigenvalue weighted by atomic mass is 10.2. The van der Waals surface area contributed by atoms with Crippen LogP contribution in [0.3, 0.4) is 0 Å². The van der Waals surface area contributed by atoms with Gasteiger partial charge in [0.1, 0.15) is 5.75 Å². The lowest BCUT2D eigenvalue weighted by molar-refractivity contribution is -0.118. The topological polar surface area (TPSA) is 50.4 Å². The number of hydrogen-bond acceptors (Lipinski definition) is 3. The van der Waals surface area contributed by atoms with Gasteiger partial charge in [0.2, 0.25) is 0 Å². The predicted molar refractivity (Wildman–Crippen MR) is 82.0 cm³/mol. The van der Waals surface area contributed by atoms with Crippen LogP contribution in [0.4, 0.5) is 11.4 Å². The Bertz CT molecular complexity index is 658. The predicted octanol–water partition coefficient (Wildman–Crippen LogP) is 3.39. The van der Waals surface area contributed by atoms with Crippen molar-refractivity contribution in [3.05, 3.63) is 52.5 Å². The molecule has 102 valence electrons. The van der Waals surface area contributed by atoms with Gasteiger partial charge in [-0.1, -0.05) is 34.1 Å². The van der Waals surface area contributed by atoms with Gasteiger partial charge in [0.25, 0.3) is 5.91 Å². The molecule has 0 bridgehead atoms. The van der Waals surface area contributed by atoms with Gasteiger partial charge in [0.05, 0.1) is 5.69 Å². The highest BCUT2D eigenvalue weighted by Crippen LogP contribution is 2.30. The monoisotopic (exact) mass is 332 g/mol. The van der Waals surface area contributed by atoms with E-state index in [4.69, 9.17) is 4.74 Å². The first-order valence-corrected chi connectivity index (χ1v) is 7.05. The molecule has 0 aromatic heterocycles. The zero-order valence-corrected chi connectivity index (χ0v) is 12.2. The second kappa shape index (κ2) is 5.54. The van der Waals surface area contributed by atoms with Crippen LogP contribution in [-0.4, -0.2) is 12.5 Å². The van der Waals surface area contributed by atoms with Crippen molar-refractivity contribution < 1.29 is 9.53 Å². The molecule has 0 atom stereocenters. The van der Waals surface area contributed by atoms with E-state index in [0.29, 0.717) is 18.0 Å². The number of ether oxygens (including phenoxy) is 1. The van der Waals surface area contributed by atoms with Crippen LogP contribution in [0.15, 0.2) is 46.9 Å². The maximum absolute atomic E-state index is 11.3. The third kappa shape index (κ3) is 2.77. The van der Waals surface area contributed by atoms with Gasteiger partial charge < -0.3 is 15.4 Å². The molecule has 2 N–H and O–H groups in total. The van der Waals surface area contributed by atoms with E-state index in [0.717, 1.165) is 10.2 Å². The van der Waals surface area contributed by atoms with Crippen LogP contribution in [0, 0.1) is 0 Å². The second-order valence-corrected chi connectivity index (χ2v) is 5.35. The molecule has 0 unspecified atom stereocenters. The summed E-state index contributed by atoms with van der Waals surface area (Å²) in [5, 5.41) is 6.13. The average Bonchev–Trinajstić information content (AvgIpc) is 2.46. The second-order valence-electron chi connectivity index (χ2n) is 4.49. The molecule has 1 aliphatic heterocycles. The minimum Gasteiger partial charge on any atom is -0.482 e. The van der Waals surface area contributed by atoms with Crippen molar-refractivity contribution in [2.24, 2.45) is 0 Å². The lowest BCUT2D eigenvalue weighted by Gasteiger charge is -2.19. The Labute approximate surface area is 125 Å². The molecule has 2 aromatic rings. The fourth-order valence-electron chi connectivity index (χ4n) is 2.03. The van der Waals surface area contributed by atoms with Gasteiger partial charge in [-0.15, -0.1) is 0 Å². The van der Waals surface area contributed by atoms with Crippen LogP contribution in [0.5, 0.6) is 5.75 Å². The quantitative estimate of drug-likeness (QED) is 0.905. The fraction of sp³-hybridized carbons (Fsp3) is 0.133. The largest absolute Gasteiger partial charge is 0.482 e. The van der Waals surface area contributed by atoms with Crippen LogP contribution in [0.2, 0.25) is 0 Å². The number of carbonyl (C=O) groups excluding carboxylic acids is 1. The van der Waals surface area contributed by atoms with E-state index >= 15 is 0 Å². The highest BCUT2D eigenvalue weighted by molar-refractivity contribution is 9.10. The average molecular weight is 333 g/mol. The molecule has 5 heteroatoms. The summed E-state index contributed by atoms with van der Waals surface area (Å²) in [6.45, 7) is 0.783. The summed E-state index contributed by atoms with van der Waals surface area (Å²) in [5.74, 6) is 0.580. The van der Waals surface area contributed by atoms with Gasteiger partial charge >= 0.3 is 0 Å². The summed E-state index contributed by atoms with van der Waals surface area (Å²) in [6, 6.07) is 13.7. The van der Waals surface area contributed by atoms with Gasteiger partial charge in [0, 0.05) is 16.7 Å². The molecule has 1 heterocycles. The van der Waals surface area contributed by atoms with Crippen LogP contribution in [-0.2, 0) is 11.3 Å². The minimum absolute atomic E-state index is 0.0801. The van der Waals surface area contributed by atoms with Crippen LogP contribution < -0.4 is 15.4 Å². The van der Waals surface area contributed by atoms with Crippen molar-refractivity contribution in [3.8, 4) is 5.75 Å². The number of nitrogens with one attached hydrogen (secondary N) is 2. The van der Waals surface area contributed by atoms with Crippen LogP contribution in [0.25, 0.3) is 0 Å². The molecule has 2 aromatic carbocycles. The first-order valence-electron chi connectivity index (χ1n) is 6.26. The van der Waals surface area contributed by atoms with E-state index in [2.05, 4.69) is 32.6 Å². The van der Waals surface area contributed by atoms with E-state index in [9.17, 15) is 4.79 Å². The molecule has 0 spiro atoms. The van der Waals surface area contributed by atoms with Gasteiger partial charge in [-0.3, -0.25) is 4.79 Å². The molecule has 3 rings (SSSR count). The Morgan fingerprint density at radius 2 is 2.10 bits per heavy atom. The van der Waals surface area contributed by atoms with Crippen molar-refractivity contribution in [2.45, 2.75) is 6.54 Å². The Kier molecular flexibility index (Phi) is 3.60. The Hall–Kier alpha value is -2.01. The molecule has 0 fully saturated rings. The third-order valence-corrected chi connectivity index (χ3v) is 3.83. The van der Waals surface area contributed by atoms with Crippen molar-refractivity contribution in [2.75, 3.05) is 17.2 Å². The number of fused-ring (bicyclic) bond motifs is 1. The summed E-state index contributed by atoms with van der Waals surface area (Å²) < 4.78 is 6.40.